The highest BCUT2D eigenvalue weighted by atomic mass is 16.5. The first-order chi connectivity index (χ1) is 10.2. The molecule has 0 radical (unpaired) electrons. The lowest BCUT2D eigenvalue weighted by atomic mass is 9.93. The molecule has 3 rings (SSSR count). The van der Waals surface area contributed by atoms with E-state index in [1.54, 1.807) is 18.3 Å². The summed E-state index contributed by atoms with van der Waals surface area (Å²) in [4.78, 5) is 31.3. The third kappa shape index (κ3) is 2.52. The van der Waals surface area contributed by atoms with Gasteiger partial charge in [-0.15, -0.1) is 0 Å². The van der Waals surface area contributed by atoms with Gasteiger partial charge in [-0.05, 0) is 18.9 Å². The Morgan fingerprint density at radius 2 is 2.24 bits per heavy atom. The van der Waals surface area contributed by atoms with Gasteiger partial charge in [0.1, 0.15) is 0 Å². The maximum Gasteiger partial charge on any atom is 0.257 e. The maximum absolute atomic E-state index is 12.3. The molecule has 6 heteroatoms. The molecule has 6 nitrogen and oxygen atoms in total. The Bertz CT molecular complexity index is 689. The Hall–Kier alpha value is -2.63. The third-order valence-corrected chi connectivity index (χ3v) is 3.52. The number of aryl methyl sites for hydroxylation is 1. The Morgan fingerprint density at radius 1 is 1.38 bits per heavy atom. The summed E-state index contributed by atoms with van der Waals surface area (Å²) in [5, 5.41) is 2.74. The molecule has 108 valence electrons. The Kier molecular flexibility index (Phi) is 3.43. The summed E-state index contributed by atoms with van der Waals surface area (Å²) in [7, 11) is 1.53. The summed E-state index contributed by atoms with van der Waals surface area (Å²) < 4.78 is 4.96. The number of anilines is 1. The van der Waals surface area contributed by atoms with E-state index >= 15 is 0 Å². The fraction of sp³-hybridized carbons (Fsp3) is 0.267. The van der Waals surface area contributed by atoms with Crippen molar-refractivity contribution in [1.82, 2.24) is 9.97 Å². The Labute approximate surface area is 121 Å². The number of pyridine rings is 1. The average Bonchev–Trinajstić information content (AvgIpc) is 2.93. The summed E-state index contributed by atoms with van der Waals surface area (Å²) in [6, 6.07) is 3.36. The van der Waals surface area contributed by atoms with Crippen molar-refractivity contribution in [3.05, 3.63) is 41.3 Å². The van der Waals surface area contributed by atoms with Crippen LogP contribution < -0.4 is 10.1 Å². The highest BCUT2D eigenvalue weighted by Crippen LogP contribution is 2.24. The van der Waals surface area contributed by atoms with Crippen molar-refractivity contribution in [2.24, 2.45) is 0 Å². The Morgan fingerprint density at radius 3 is 2.95 bits per heavy atom. The summed E-state index contributed by atoms with van der Waals surface area (Å²) >= 11 is 0. The first kappa shape index (κ1) is 13.4. The summed E-state index contributed by atoms with van der Waals surface area (Å²) in [6.45, 7) is 0. The van der Waals surface area contributed by atoms with Crippen LogP contribution >= 0.6 is 0 Å². The predicted molar refractivity (Wildman–Crippen MR) is 76.8 cm³/mol. The zero-order valence-corrected chi connectivity index (χ0v) is 11.6. The van der Waals surface area contributed by atoms with E-state index in [0.717, 1.165) is 18.5 Å². The van der Waals surface area contributed by atoms with Crippen LogP contribution in [0.25, 0.3) is 0 Å². The van der Waals surface area contributed by atoms with E-state index in [9.17, 15) is 9.59 Å². The van der Waals surface area contributed by atoms with Crippen molar-refractivity contribution in [3.63, 3.8) is 0 Å². The van der Waals surface area contributed by atoms with Gasteiger partial charge in [0.15, 0.2) is 5.78 Å². The van der Waals surface area contributed by atoms with Crippen LogP contribution in [0, 0.1) is 0 Å². The fourth-order valence-electron chi connectivity index (χ4n) is 2.49. The molecule has 2 aromatic heterocycles. The van der Waals surface area contributed by atoms with E-state index in [0.29, 0.717) is 29.1 Å². The van der Waals surface area contributed by atoms with E-state index in [4.69, 9.17) is 4.74 Å². The standard InChI is InChI=1S/C15H15N3O3/c1-21-13-6-5-9(7-17-13)18-15(20)10-8-16-11-3-2-4-12(19)14(10)11/h5-8,16H,2-4H2,1H3,(H,18,20). The van der Waals surface area contributed by atoms with Crippen LogP contribution in [0.4, 0.5) is 5.69 Å². The van der Waals surface area contributed by atoms with E-state index in [-0.39, 0.29) is 11.7 Å². The lowest BCUT2D eigenvalue weighted by Gasteiger charge is -2.11. The Balaban J connectivity index is 1.82. The molecule has 0 bridgehead atoms. The van der Waals surface area contributed by atoms with Gasteiger partial charge < -0.3 is 15.0 Å². The zero-order chi connectivity index (χ0) is 14.8. The number of nitrogens with one attached hydrogen (secondary N) is 2. The molecule has 0 saturated heterocycles. The van der Waals surface area contributed by atoms with E-state index < -0.39 is 0 Å². The van der Waals surface area contributed by atoms with Gasteiger partial charge in [-0.2, -0.15) is 0 Å². The van der Waals surface area contributed by atoms with Crippen LogP contribution in [0.2, 0.25) is 0 Å². The molecule has 0 aromatic carbocycles. The van der Waals surface area contributed by atoms with Gasteiger partial charge in [0.2, 0.25) is 5.88 Å². The van der Waals surface area contributed by atoms with E-state index in [1.165, 1.54) is 13.3 Å². The lowest BCUT2D eigenvalue weighted by Crippen LogP contribution is -2.18. The number of methoxy groups -OCH3 is 1. The number of carbonyl (C=O) groups is 2. The van der Waals surface area contributed by atoms with Gasteiger partial charge >= 0.3 is 0 Å². The molecular weight excluding hydrogens is 270 g/mol. The number of rotatable bonds is 3. The second-order valence-corrected chi connectivity index (χ2v) is 4.88. The minimum atomic E-state index is -0.310. The monoisotopic (exact) mass is 285 g/mol. The smallest absolute Gasteiger partial charge is 0.257 e. The number of ketones is 1. The van der Waals surface area contributed by atoms with Crippen molar-refractivity contribution in [2.45, 2.75) is 19.3 Å². The van der Waals surface area contributed by atoms with Gasteiger partial charge in [-0.1, -0.05) is 0 Å². The highest BCUT2D eigenvalue weighted by Gasteiger charge is 2.25. The van der Waals surface area contributed by atoms with Crippen LogP contribution in [0.3, 0.4) is 0 Å². The second kappa shape index (κ2) is 5.40. The summed E-state index contributed by atoms with van der Waals surface area (Å²) in [5.41, 5.74) is 2.33. The summed E-state index contributed by atoms with van der Waals surface area (Å²) in [5.74, 6) is 0.187. The molecule has 1 aliphatic rings. The number of carbonyl (C=O) groups excluding carboxylic acids is 2. The van der Waals surface area contributed by atoms with Gasteiger partial charge in [0.05, 0.1) is 30.1 Å². The molecule has 1 aliphatic carbocycles. The van der Waals surface area contributed by atoms with E-state index in [2.05, 4.69) is 15.3 Å². The number of amides is 1. The number of H-pyrrole nitrogens is 1. The molecule has 2 aromatic rings. The SMILES string of the molecule is COc1ccc(NC(=O)c2c[nH]c3c2C(=O)CCC3)cn1. The molecular formula is C15H15N3O3. The topological polar surface area (TPSA) is 84.1 Å². The molecule has 21 heavy (non-hydrogen) atoms. The molecule has 0 fully saturated rings. The first-order valence-electron chi connectivity index (χ1n) is 6.74. The number of aromatic nitrogens is 2. The molecule has 2 heterocycles. The minimum Gasteiger partial charge on any atom is -0.481 e. The normalized spacial score (nSPS) is 13.7. The lowest BCUT2D eigenvalue weighted by molar-refractivity contribution is 0.0956. The number of Topliss-reactive ketones (excluding diaryl/α,β-unsaturated/α-hetero) is 1. The van der Waals surface area contributed by atoms with Crippen molar-refractivity contribution in [3.8, 4) is 5.88 Å². The number of hydrogen-bond acceptors (Lipinski definition) is 4. The first-order valence-corrected chi connectivity index (χ1v) is 6.74. The van der Waals surface area contributed by atoms with Crippen molar-refractivity contribution in [1.29, 1.82) is 0 Å². The molecule has 0 atom stereocenters. The van der Waals surface area contributed by atoms with Crippen LogP contribution in [0.15, 0.2) is 24.5 Å². The molecule has 1 amide bonds. The zero-order valence-electron chi connectivity index (χ0n) is 11.6. The highest BCUT2D eigenvalue weighted by molar-refractivity contribution is 6.13. The molecule has 2 N–H and O–H groups in total. The van der Waals surface area contributed by atoms with Gasteiger partial charge in [0, 0.05) is 24.4 Å². The van der Waals surface area contributed by atoms with Gasteiger partial charge in [-0.25, -0.2) is 4.98 Å². The number of fused-ring (bicyclic) bond motifs is 1. The van der Waals surface area contributed by atoms with Crippen LogP contribution in [-0.2, 0) is 6.42 Å². The van der Waals surface area contributed by atoms with Crippen molar-refractivity contribution < 1.29 is 14.3 Å². The molecule has 0 spiro atoms. The van der Waals surface area contributed by atoms with Crippen LogP contribution in [0.5, 0.6) is 5.88 Å². The van der Waals surface area contributed by atoms with Crippen LogP contribution in [-0.4, -0.2) is 28.8 Å². The van der Waals surface area contributed by atoms with Crippen molar-refractivity contribution >= 4 is 17.4 Å². The average molecular weight is 285 g/mol. The molecule has 0 saturated carbocycles. The summed E-state index contributed by atoms with van der Waals surface area (Å²) in [6.07, 6.45) is 5.24. The van der Waals surface area contributed by atoms with Gasteiger partial charge in [-0.3, -0.25) is 9.59 Å². The number of nitrogens with zero attached hydrogens (tertiary/aromatic N) is 1. The third-order valence-electron chi connectivity index (χ3n) is 3.52. The van der Waals surface area contributed by atoms with Crippen molar-refractivity contribution in [2.75, 3.05) is 12.4 Å². The second-order valence-electron chi connectivity index (χ2n) is 4.88. The number of aromatic amines is 1. The van der Waals surface area contributed by atoms with E-state index in [1.807, 2.05) is 0 Å². The predicted octanol–water partition coefficient (Wildman–Crippen LogP) is 2.19. The largest absolute Gasteiger partial charge is 0.481 e. The number of ether oxygens (including phenoxy) is 1. The molecule has 0 unspecified atom stereocenters. The minimum absolute atomic E-state index is 0.0236. The number of hydrogen-bond donors (Lipinski definition) is 2. The van der Waals surface area contributed by atoms with Gasteiger partial charge in [0.25, 0.3) is 5.91 Å². The quantitative estimate of drug-likeness (QED) is 0.905. The van der Waals surface area contributed by atoms with Crippen LogP contribution in [0.1, 0.15) is 39.3 Å². The molecule has 0 aliphatic heterocycles. The maximum atomic E-state index is 12.3. The fourth-order valence-corrected chi connectivity index (χ4v) is 2.49.